The van der Waals surface area contributed by atoms with Crippen molar-refractivity contribution >= 4 is 5.97 Å². The molecule has 0 spiro atoms. The molecule has 1 N–H and O–H groups in total. The number of methoxy groups -OCH3 is 1. The monoisotopic (exact) mass is 226 g/mol. The zero-order chi connectivity index (χ0) is 12.3. The van der Waals surface area contributed by atoms with E-state index in [1.165, 1.54) is 13.2 Å². The van der Waals surface area contributed by atoms with Crippen LogP contribution in [0.4, 0.5) is 4.39 Å². The van der Waals surface area contributed by atoms with E-state index < -0.39 is 18.1 Å². The Bertz CT molecular complexity index is 399. The molecule has 0 unspecified atom stereocenters. The van der Waals surface area contributed by atoms with Crippen molar-refractivity contribution in [2.45, 2.75) is 25.9 Å². The number of alkyl halides is 1. The van der Waals surface area contributed by atoms with Crippen molar-refractivity contribution in [3.63, 3.8) is 0 Å². The van der Waals surface area contributed by atoms with E-state index >= 15 is 0 Å². The average Bonchev–Trinajstić information content (AvgIpc) is 2.27. The fourth-order valence-corrected chi connectivity index (χ4v) is 1.44. The zero-order valence-corrected chi connectivity index (χ0v) is 9.58. The van der Waals surface area contributed by atoms with Gasteiger partial charge in [-0.2, -0.15) is 0 Å². The minimum atomic E-state index is -1.10. The second-order valence-corrected chi connectivity index (χ2v) is 4.10. The first kappa shape index (κ1) is 12.5. The summed E-state index contributed by atoms with van der Waals surface area (Å²) in [6, 6.07) is 4.71. The first-order chi connectivity index (χ1) is 7.43. The maximum Gasteiger partial charge on any atom is 0.313 e. The number of carbonyl (C=O) groups is 1. The molecule has 16 heavy (non-hydrogen) atoms. The number of carboxylic acids is 1. The van der Waals surface area contributed by atoms with Gasteiger partial charge in [-0.05, 0) is 31.5 Å². The maximum atomic E-state index is 12.5. The summed E-state index contributed by atoms with van der Waals surface area (Å²) < 4.78 is 17.6. The Balaban J connectivity index is 3.34. The number of halogens is 1. The number of ether oxygens (including phenoxy) is 1. The summed E-state index contributed by atoms with van der Waals surface area (Å²) in [4.78, 5) is 11.1. The number of rotatable bonds is 4. The predicted molar refractivity (Wildman–Crippen MR) is 58.5 cm³/mol. The molecule has 0 fully saturated rings. The van der Waals surface area contributed by atoms with E-state index in [9.17, 15) is 9.18 Å². The van der Waals surface area contributed by atoms with Crippen LogP contribution in [0.2, 0.25) is 0 Å². The van der Waals surface area contributed by atoms with Gasteiger partial charge in [-0.15, -0.1) is 0 Å². The molecule has 0 heterocycles. The van der Waals surface area contributed by atoms with E-state index in [4.69, 9.17) is 9.84 Å². The highest BCUT2D eigenvalue weighted by molar-refractivity contribution is 5.81. The van der Waals surface area contributed by atoms with Crippen molar-refractivity contribution < 1.29 is 19.0 Å². The summed E-state index contributed by atoms with van der Waals surface area (Å²) >= 11 is 0. The summed E-state index contributed by atoms with van der Waals surface area (Å²) in [5, 5.41) is 9.13. The van der Waals surface area contributed by atoms with Crippen LogP contribution < -0.4 is 4.74 Å². The average molecular weight is 226 g/mol. The van der Waals surface area contributed by atoms with Crippen LogP contribution >= 0.6 is 0 Å². The molecule has 0 aliphatic heterocycles. The van der Waals surface area contributed by atoms with Gasteiger partial charge in [0.2, 0.25) is 0 Å². The molecule has 1 aromatic rings. The van der Waals surface area contributed by atoms with Gasteiger partial charge in [-0.3, -0.25) is 4.79 Å². The highest BCUT2D eigenvalue weighted by Crippen LogP contribution is 2.32. The number of benzene rings is 1. The summed E-state index contributed by atoms with van der Waals surface area (Å²) in [5.41, 5.74) is -0.168. The smallest absolute Gasteiger partial charge is 0.313 e. The van der Waals surface area contributed by atoms with E-state index in [0.29, 0.717) is 16.9 Å². The molecule has 1 rings (SSSR count). The number of hydrogen-bond donors (Lipinski definition) is 1. The number of aliphatic carboxylic acids is 1. The summed E-state index contributed by atoms with van der Waals surface area (Å²) in [6.07, 6.45) is 0. The third kappa shape index (κ3) is 2.15. The normalized spacial score (nSPS) is 11.2. The van der Waals surface area contributed by atoms with E-state index in [1.807, 2.05) is 0 Å². The lowest BCUT2D eigenvalue weighted by Gasteiger charge is -2.22. The van der Waals surface area contributed by atoms with Gasteiger partial charge in [-0.25, -0.2) is 4.39 Å². The molecule has 0 saturated carbocycles. The molecule has 0 aliphatic carbocycles. The lowest BCUT2D eigenvalue weighted by atomic mass is 9.83. The molecule has 3 nitrogen and oxygen atoms in total. The molecule has 0 saturated heterocycles. The molecule has 4 heteroatoms. The lowest BCUT2D eigenvalue weighted by Crippen LogP contribution is -2.29. The lowest BCUT2D eigenvalue weighted by molar-refractivity contribution is -0.142. The zero-order valence-electron chi connectivity index (χ0n) is 9.58. The van der Waals surface area contributed by atoms with Crippen LogP contribution in [0.5, 0.6) is 5.75 Å². The Kier molecular flexibility index (Phi) is 3.52. The molecular formula is C12H15FO3. The van der Waals surface area contributed by atoms with Crippen LogP contribution in [0.1, 0.15) is 25.0 Å². The second kappa shape index (κ2) is 4.51. The summed E-state index contributed by atoms with van der Waals surface area (Å²) in [5.74, 6) is -0.508. The van der Waals surface area contributed by atoms with Gasteiger partial charge in [0.1, 0.15) is 12.4 Å². The third-order valence-electron chi connectivity index (χ3n) is 2.63. The van der Waals surface area contributed by atoms with Crippen molar-refractivity contribution in [2.24, 2.45) is 0 Å². The Morgan fingerprint density at radius 3 is 2.56 bits per heavy atom. The Labute approximate surface area is 93.9 Å². The van der Waals surface area contributed by atoms with Crippen LogP contribution in [0.15, 0.2) is 18.2 Å². The van der Waals surface area contributed by atoms with E-state index in [1.54, 1.807) is 26.0 Å². The largest absolute Gasteiger partial charge is 0.496 e. The Morgan fingerprint density at radius 1 is 1.50 bits per heavy atom. The van der Waals surface area contributed by atoms with Gasteiger partial charge < -0.3 is 9.84 Å². The van der Waals surface area contributed by atoms with Crippen molar-refractivity contribution in [1.29, 1.82) is 0 Å². The fourth-order valence-electron chi connectivity index (χ4n) is 1.44. The van der Waals surface area contributed by atoms with Gasteiger partial charge in [0.15, 0.2) is 0 Å². The molecule has 0 radical (unpaired) electrons. The summed E-state index contributed by atoms with van der Waals surface area (Å²) in [7, 11) is 1.46. The van der Waals surface area contributed by atoms with Gasteiger partial charge in [0.25, 0.3) is 0 Å². The quantitative estimate of drug-likeness (QED) is 0.858. The maximum absolute atomic E-state index is 12.5. The molecule has 0 aromatic heterocycles. The molecule has 0 amide bonds. The molecule has 88 valence electrons. The summed E-state index contributed by atoms with van der Waals surface area (Å²) in [6.45, 7) is 2.51. The van der Waals surface area contributed by atoms with Crippen LogP contribution in [0.25, 0.3) is 0 Å². The Hall–Kier alpha value is -1.58. The van der Waals surface area contributed by atoms with Gasteiger partial charge in [0.05, 0.1) is 12.5 Å². The first-order valence-corrected chi connectivity index (χ1v) is 4.90. The van der Waals surface area contributed by atoms with Gasteiger partial charge >= 0.3 is 5.97 Å². The van der Waals surface area contributed by atoms with Crippen molar-refractivity contribution in [3.8, 4) is 5.75 Å². The molecule has 1 aromatic carbocycles. The highest BCUT2D eigenvalue weighted by atomic mass is 19.1. The number of hydrogen-bond acceptors (Lipinski definition) is 2. The second-order valence-electron chi connectivity index (χ2n) is 4.10. The van der Waals surface area contributed by atoms with E-state index in [-0.39, 0.29) is 0 Å². The van der Waals surface area contributed by atoms with Crippen LogP contribution in [-0.4, -0.2) is 18.2 Å². The molecular weight excluding hydrogens is 211 g/mol. The predicted octanol–water partition coefficient (Wildman–Crippen LogP) is 2.53. The van der Waals surface area contributed by atoms with E-state index in [2.05, 4.69) is 0 Å². The minimum absolute atomic E-state index is 0.449. The van der Waals surface area contributed by atoms with Gasteiger partial charge in [-0.1, -0.05) is 6.07 Å². The fraction of sp³-hybridized carbons (Fsp3) is 0.417. The highest BCUT2D eigenvalue weighted by Gasteiger charge is 2.32. The number of carboxylic acid groups (broad SMARTS) is 1. The topological polar surface area (TPSA) is 46.5 Å². The standard InChI is InChI=1S/C12H15FO3/c1-12(2,11(14)15)9-6-8(7-13)4-5-10(9)16-3/h4-6H,7H2,1-3H3,(H,14,15). The molecule has 0 bridgehead atoms. The van der Waals surface area contributed by atoms with Crippen LogP contribution in [-0.2, 0) is 16.9 Å². The first-order valence-electron chi connectivity index (χ1n) is 4.90. The Morgan fingerprint density at radius 2 is 2.12 bits per heavy atom. The van der Waals surface area contributed by atoms with Gasteiger partial charge in [0, 0.05) is 5.56 Å². The minimum Gasteiger partial charge on any atom is -0.496 e. The van der Waals surface area contributed by atoms with Crippen molar-refractivity contribution in [1.82, 2.24) is 0 Å². The van der Waals surface area contributed by atoms with Crippen LogP contribution in [0.3, 0.4) is 0 Å². The van der Waals surface area contributed by atoms with Crippen molar-refractivity contribution in [3.05, 3.63) is 29.3 Å². The molecule has 0 atom stereocenters. The van der Waals surface area contributed by atoms with Crippen molar-refractivity contribution in [2.75, 3.05) is 7.11 Å². The van der Waals surface area contributed by atoms with Crippen LogP contribution in [0, 0.1) is 0 Å². The molecule has 0 aliphatic rings. The van der Waals surface area contributed by atoms with E-state index in [0.717, 1.165) is 0 Å². The third-order valence-corrected chi connectivity index (χ3v) is 2.63. The SMILES string of the molecule is COc1ccc(CF)cc1C(C)(C)C(=O)O.